The Labute approximate surface area is 82.5 Å². The highest BCUT2D eigenvalue weighted by Crippen LogP contribution is 2.45. The predicted molar refractivity (Wildman–Crippen MR) is 32.2 cm³/mol. The fourth-order valence-corrected chi connectivity index (χ4v) is 0.480. The second kappa shape index (κ2) is 4.15. The average Bonchev–Trinajstić information content (AvgIpc) is 2.13. The number of halogens is 9. The van der Waals surface area contributed by atoms with Gasteiger partial charge in [0.25, 0.3) is 0 Å². The van der Waals surface area contributed by atoms with E-state index in [4.69, 9.17) is 0 Å². The SMILES string of the molecule is COC(F)(F)C(F)=C(F)C(F)(F)C(F)(F)F. The molecule has 0 spiro atoms. The van der Waals surface area contributed by atoms with Crippen molar-refractivity contribution >= 4 is 0 Å². The van der Waals surface area contributed by atoms with Gasteiger partial charge >= 0.3 is 18.2 Å². The number of methoxy groups -OCH3 is 1. The Morgan fingerprint density at radius 2 is 1.19 bits per heavy atom. The summed E-state index contributed by atoms with van der Waals surface area (Å²) in [5.74, 6) is -13.9. The van der Waals surface area contributed by atoms with E-state index in [9.17, 15) is 39.5 Å². The zero-order valence-corrected chi connectivity index (χ0v) is 7.31. The first-order valence-electron chi connectivity index (χ1n) is 3.31. The van der Waals surface area contributed by atoms with E-state index in [0.29, 0.717) is 0 Å². The molecule has 0 unspecified atom stereocenters. The van der Waals surface area contributed by atoms with Gasteiger partial charge in [0.15, 0.2) is 0 Å². The van der Waals surface area contributed by atoms with E-state index in [2.05, 4.69) is 4.74 Å². The van der Waals surface area contributed by atoms with Gasteiger partial charge < -0.3 is 4.74 Å². The topological polar surface area (TPSA) is 9.23 Å². The van der Waals surface area contributed by atoms with Crippen LogP contribution in [0.3, 0.4) is 0 Å². The van der Waals surface area contributed by atoms with Crippen LogP contribution < -0.4 is 0 Å². The van der Waals surface area contributed by atoms with Crippen LogP contribution in [0.25, 0.3) is 0 Å². The van der Waals surface area contributed by atoms with Gasteiger partial charge in [0, 0.05) is 7.11 Å². The first kappa shape index (κ1) is 15.1. The normalized spacial score (nSPS) is 16.1. The summed E-state index contributed by atoms with van der Waals surface area (Å²) in [5.41, 5.74) is 0. The highest BCUT2D eigenvalue weighted by molar-refractivity contribution is 5.16. The summed E-state index contributed by atoms with van der Waals surface area (Å²) in [7, 11) is 0.0958. The van der Waals surface area contributed by atoms with Crippen LogP contribution in [0.2, 0.25) is 0 Å². The molecule has 0 radical (unpaired) electrons. The molecule has 0 N–H and O–H groups in total. The van der Waals surface area contributed by atoms with Crippen LogP contribution in [0.15, 0.2) is 11.7 Å². The summed E-state index contributed by atoms with van der Waals surface area (Å²) in [6.07, 6.45) is -11.7. The molecule has 0 aliphatic carbocycles. The molecule has 0 saturated heterocycles. The quantitative estimate of drug-likeness (QED) is 0.706. The number of ether oxygens (including phenoxy) is 1. The van der Waals surface area contributed by atoms with Gasteiger partial charge in [0.2, 0.25) is 11.7 Å². The van der Waals surface area contributed by atoms with Crippen molar-refractivity contribution < 1.29 is 44.3 Å². The van der Waals surface area contributed by atoms with E-state index in [1.54, 1.807) is 0 Å². The van der Waals surface area contributed by atoms with Crippen LogP contribution in [0.1, 0.15) is 0 Å². The largest absolute Gasteiger partial charge is 0.460 e. The molecule has 0 bridgehead atoms. The summed E-state index contributed by atoms with van der Waals surface area (Å²) < 4.78 is 110. The standard InChI is InChI=1S/C6H3F9O/c1-16-5(11,12)3(8)2(7)4(9,10)6(13,14)15/h1H3. The maximum Gasteiger partial charge on any atom is 0.460 e. The number of hydrogen-bond donors (Lipinski definition) is 0. The maximum absolute atomic E-state index is 12.3. The van der Waals surface area contributed by atoms with E-state index < -0.39 is 29.9 Å². The van der Waals surface area contributed by atoms with E-state index in [-0.39, 0.29) is 7.11 Å². The summed E-state index contributed by atoms with van der Waals surface area (Å²) in [6, 6.07) is 0. The van der Waals surface area contributed by atoms with Gasteiger partial charge in [-0.3, -0.25) is 0 Å². The Morgan fingerprint density at radius 1 is 0.812 bits per heavy atom. The molecule has 0 rings (SSSR count). The highest BCUT2D eigenvalue weighted by atomic mass is 19.4. The van der Waals surface area contributed by atoms with E-state index in [0.717, 1.165) is 0 Å². The third-order valence-electron chi connectivity index (χ3n) is 1.34. The molecule has 0 aliphatic heterocycles. The van der Waals surface area contributed by atoms with Crippen LogP contribution in [-0.2, 0) is 4.74 Å². The van der Waals surface area contributed by atoms with Crippen molar-refractivity contribution in [2.45, 2.75) is 18.2 Å². The minimum absolute atomic E-state index is 0.0958. The number of hydrogen-bond acceptors (Lipinski definition) is 1. The smallest absolute Gasteiger partial charge is 0.318 e. The van der Waals surface area contributed by atoms with Crippen LogP contribution in [0, 0.1) is 0 Å². The fraction of sp³-hybridized carbons (Fsp3) is 0.667. The molecule has 0 aromatic carbocycles. The molecule has 1 nitrogen and oxygen atoms in total. The molecule has 96 valence electrons. The molecule has 0 atom stereocenters. The summed E-state index contributed by atoms with van der Waals surface area (Å²) in [5, 5.41) is 0. The molecular weight excluding hydrogens is 259 g/mol. The van der Waals surface area contributed by atoms with E-state index >= 15 is 0 Å². The zero-order chi connectivity index (χ0) is 13.4. The van der Waals surface area contributed by atoms with Crippen molar-refractivity contribution in [3.05, 3.63) is 11.7 Å². The van der Waals surface area contributed by atoms with E-state index in [1.165, 1.54) is 0 Å². The maximum atomic E-state index is 12.3. The van der Waals surface area contributed by atoms with Gasteiger partial charge in [-0.2, -0.15) is 35.1 Å². The van der Waals surface area contributed by atoms with Crippen LogP contribution >= 0.6 is 0 Å². The van der Waals surface area contributed by atoms with Gasteiger partial charge in [-0.15, -0.1) is 0 Å². The van der Waals surface area contributed by atoms with Crippen LogP contribution in [0.4, 0.5) is 39.5 Å². The molecule has 10 heteroatoms. The molecule has 0 fully saturated rings. The van der Waals surface area contributed by atoms with Gasteiger partial charge in [0.05, 0.1) is 0 Å². The molecule has 0 saturated carbocycles. The molecule has 0 aromatic heterocycles. The third-order valence-corrected chi connectivity index (χ3v) is 1.34. The number of alkyl halides is 7. The van der Waals surface area contributed by atoms with Crippen molar-refractivity contribution in [3.8, 4) is 0 Å². The first-order valence-corrected chi connectivity index (χ1v) is 3.31. The van der Waals surface area contributed by atoms with Gasteiger partial charge in [-0.25, -0.2) is 4.39 Å². The fourth-order valence-electron chi connectivity index (χ4n) is 0.480. The third kappa shape index (κ3) is 2.60. The Hall–Kier alpha value is -0.930. The van der Waals surface area contributed by atoms with Gasteiger partial charge in [-0.05, 0) is 0 Å². The lowest BCUT2D eigenvalue weighted by Crippen LogP contribution is -2.39. The summed E-state index contributed by atoms with van der Waals surface area (Å²) in [6.45, 7) is 0. The van der Waals surface area contributed by atoms with Crippen LogP contribution in [0.5, 0.6) is 0 Å². The van der Waals surface area contributed by atoms with Crippen molar-refractivity contribution in [2.24, 2.45) is 0 Å². The van der Waals surface area contributed by atoms with Gasteiger partial charge in [0.1, 0.15) is 0 Å². The predicted octanol–water partition coefficient (Wildman–Crippen LogP) is 3.57. The van der Waals surface area contributed by atoms with Crippen LogP contribution in [-0.4, -0.2) is 25.3 Å². The molecule has 0 aromatic rings. The highest BCUT2D eigenvalue weighted by Gasteiger charge is 2.64. The minimum Gasteiger partial charge on any atom is -0.318 e. The van der Waals surface area contributed by atoms with Gasteiger partial charge in [-0.1, -0.05) is 0 Å². The van der Waals surface area contributed by atoms with Crippen molar-refractivity contribution in [1.29, 1.82) is 0 Å². The van der Waals surface area contributed by atoms with Crippen molar-refractivity contribution in [3.63, 3.8) is 0 Å². The Kier molecular flexibility index (Phi) is 3.91. The lowest BCUT2D eigenvalue weighted by Gasteiger charge is -2.20. The average molecular weight is 262 g/mol. The molecule has 0 aliphatic rings. The molecule has 0 heterocycles. The lowest BCUT2D eigenvalue weighted by atomic mass is 10.2. The molecular formula is C6H3F9O. The monoisotopic (exact) mass is 262 g/mol. The minimum atomic E-state index is -6.53. The first-order chi connectivity index (χ1) is 6.88. The Morgan fingerprint density at radius 3 is 1.44 bits per heavy atom. The summed E-state index contributed by atoms with van der Waals surface area (Å²) in [4.78, 5) is 0. The van der Waals surface area contributed by atoms with Crippen molar-refractivity contribution in [2.75, 3.05) is 7.11 Å². The second-order valence-corrected chi connectivity index (χ2v) is 2.42. The molecule has 0 amide bonds. The number of rotatable bonds is 3. The Balaban J connectivity index is 5.50. The number of allylic oxidation sites excluding steroid dienone is 1. The van der Waals surface area contributed by atoms with Crippen molar-refractivity contribution in [1.82, 2.24) is 0 Å². The second-order valence-electron chi connectivity index (χ2n) is 2.42. The Bertz CT molecular complexity index is 289. The zero-order valence-electron chi connectivity index (χ0n) is 7.31. The summed E-state index contributed by atoms with van der Waals surface area (Å²) >= 11 is 0. The lowest BCUT2D eigenvalue weighted by molar-refractivity contribution is -0.275. The molecule has 16 heavy (non-hydrogen) atoms. The van der Waals surface area contributed by atoms with E-state index in [1.807, 2.05) is 0 Å².